The highest BCUT2D eigenvalue weighted by Gasteiger charge is 2.11. The molecule has 0 aliphatic carbocycles. The van der Waals surface area contributed by atoms with E-state index in [2.05, 4.69) is 0 Å². The Hall–Kier alpha value is -0.460. The quantitative estimate of drug-likeness (QED) is 0.532. The molecular formula is C7H11NO3S2. The zero-order chi connectivity index (χ0) is 10.1. The highest BCUT2D eigenvalue weighted by atomic mass is 32.2. The molecule has 0 amide bonds. The lowest BCUT2D eigenvalue weighted by atomic mass is 10.3. The first-order valence-corrected chi connectivity index (χ1v) is 6.22. The summed E-state index contributed by atoms with van der Waals surface area (Å²) < 4.78 is 33.0. The van der Waals surface area contributed by atoms with Crippen LogP contribution in [0.25, 0.3) is 0 Å². The van der Waals surface area contributed by atoms with E-state index in [-0.39, 0.29) is 5.75 Å². The summed E-state index contributed by atoms with van der Waals surface area (Å²) in [4.78, 5) is 0.960. The maximum absolute atomic E-state index is 10.4. The first kappa shape index (κ1) is 10.6. The van der Waals surface area contributed by atoms with E-state index < -0.39 is 10.1 Å². The molecule has 1 aromatic heterocycles. The monoisotopic (exact) mass is 221 g/mol. The molecule has 1 rings (SSSR count). The van der Waals surface area contributed by atoms with Gasteiger partial charge < -0.3 is 4.55 Å². The van der Waals surface area contributed by atoms with E-state index in [0.29, 0.717) is 6.42 Å². The van der Waals surface area contributed by atoms with Gasteiger partial charge in [-0.2, -0.15) is 4.57 Å². The second-order valence-corrected chi connectivity index (χ2v) is 5.32. The summed E-state index contributed by atoms with van der Waals surface area (Å²) in [6, 6.07) is 0. The summed E-state index contributed by atoms with van der Waals surface area (Å²) in [7, 11) is -2.19. The third-order valence-corrected chi connectivity index (χ3v) is 3.77. The number of aryl methyl sites for hydroxylation is 2. The van der Waals surface area contributed by atoms with Gasteiger partial charge in [0.15, 0.2) is 5.69 Å². The van der Waals surface area contributed by atoms with Crippen molar-refractivity contribution >= 4 is 21.5 Å². The van der Waals surface area contributed by atoms with Crippen molar-refractivity contribution in [2.75, 3.05) is 5.75 Å². The van der Waals surface area contributed by atoms with Crippen LogP contribution in [0.2, 0.25) is 0 Å². The summed E-state index contributed by atoms with van der Waals surface area (Å²) in [6.45, 7) is 1.91. The van der Waals surface area contributed by atoms with Crippen molar-refractivity contribution in [3.05, 3.63) is 16.1 Å². The van der Waals surface area contributed by atoms with E-state index in [1.165, 1.54) is 11.3 Å². The Morgan fingerprint density at radius 3 is 2.62 bits per heavy atom. The number of nitrogens with zero attached hydrogens (tertiary/aromatic N) is 1. The van der Waals surface area contributed by atoms with Crippen LogP contribution in [0.4, 0.5) is 0 Å². The average Bonchev–Trinajstić information content (AvgIpc) is 2.29. The van der Waals surface area contributed by atoms with Gasteiger partial charge in [0, 0.05) is 19.1 Å². The van der Waals surface area contributed by atoms with E-state index in [0.717, 1.165) is 10.6 Å². The number of hydrogen-bond donors (Lipinski definition) is 0. The van der Waals surface area contributed by atoms with E-state index in [1.54, 1.807) is 0 Å². The Balaban J connectivity index is 2.71. The Bertz CT molecular complexity index is 394. The Morgan fingerprint density at radius 1 is 1.62 bits per heavy atom. The van der Waals surface area contributed by atoms with Crippen molar-refractivity contribution in [2.24, 2.45) is 7.05 Å². The third kappa shape index (κ3) is 3.06. The predicted octanol–water partition coefficient (Wildman–Crippen LogP) is -0.0313. The van der Waals surface area contributed by atoms with Gasteiger partial charge in [0.25, 0.3) is 0 Å². The lowest BCUT2D eigenvalue weighted by Crippen LogP contribution is -2.28. The first-order valence-electron chi connectivity index (χ1n) is 3.76. The van der Waals surface area contributed by atoms with Crippen molar-refractivity contribution in [3.8, 4) is 0 Å². The maximum atomic E-state index is 10.4. The van der Waals surface area contributed by atoms with Crippen LogP contribution in [0, 0.1) is 6.92 Å². The molecule has 0 bridgehead atoms. The molecule has 13 heavy (non-hydrogen) atoms. The van der Waals surface area contributed by atoms with Crippen LogP contribution in [0.5, 0.6) is 0 Å². The standard InChI is InChI=1S/C7H11NO3S2/c1-6-7(12-5-8(6)2)3-4-13(9,10)11/h5H,3-4H2,1-2H3. The largest absolute Gasteiger partial charge is 0.748 e. The Morgan fingerprint density at radius 2 is 2.23 bits per heavy atom. The van der Waals surface area contributed by atoms with Crippen molar-refractivity contribution in [1.82, 2.24) is 0 Å². The van der Waals surface area contributed by atoms with Crippen LogP contribution in [0.15, 0.2) is 5.51 Å². The minimum atomic E-state index is -4.08. The molecule has 0 radical (unpaired) electrons. The van der Waals surface area contributed by atoms with E-state index in [9.17, 15) is 13.0 Å². The molecule has 0 atom stereocenters. The van der Waals surface area contributed by atoms with Gasteiger partial charge in [-0.3, -0.25) is 0 Å². The van der Waals surface area contributed by atoms with Crippen LogP contribution in [0.1, 0.15) is 10.6 Å². The van der Waals surface area contributed by atoms with Gasteiger partial charge in [-0.25, -0.2) is 8.42 Å². The molecule has 4 nitrogen and oxygen atoms in total. The third-order valence-electron chi connectivity index (χ3n) is 1.86. The van der Waals surface area contributed by atoms with Crippen LogP contribution >= 0.6 is 11.3 Å². The smallest absolute Gasteiger partial charge is 0.224 e. The molecule has 6 heteroatoms. The predicted molar refractivity (Wildman–Crippen MR) is 48.5 cm³/mol. The number of hydrogen-bond acceptors (Lipinski definition) is 4. The van der Waals surface area contributed by atoms with Crippen LogP contribution < -0.4 is 4.57 Å². The molecule has 0 aliphatic rings. The number of thiazole rings is 1. The minimum absolute atomic E-state index is 0.311. The summed E-state index contributed by atoms with van der Waals surface area (Å²) in [6.07, 6.45) is 0.323. The fourth-order valence-electron chi connectivity index (χ4n) is 0.961. The van der Waals surface area contributed by atoms with E-state index in [1.807, 2.05) is 24.0 Å². The summed E-state index contributed by atoms with van der Waals surface area (Å²) >= 11 is 1.48. The SMILES string of the molecule is Cc1c(CCS(=O)(=O)[O-])sc[n+]1C. The molecule has 1 heterocycles. The molecule has 0 fully saturated rings. The topological polar surface area (TPSA) is 61.1 Å². The van der Waals surface area contributed by atoms with Gasteiger partial charge >= 0.3 is 0 Å². The second kappa shape index (κ2) is 3.73. The second-order valence-electron chi connectivity index (χ2n) is 2.85. The molecule has 0 saturated carbocycles. The van der Waals surface area contributed by atoms with Crippen molar-refractivity contribution in [3.63, 3.8) is 0 Å². The van der Waals surface area contributed by atoms with Crippen LogP contribution in [-0.4, -0.2) is 18.7 Å². The molecule has 0 spiro atoms. The Kier molecular flexibility index (Phi) is 3.05. The fraction of sp³-hybridized carbons (Fsp3) is 0.571. The summed E-state index contributed by atoms with van der Waals surface area (Å²) in [5.41, 5.74) is 2.91. The van der Waals surface area contributed by atoms with Crippen molar-refractivity contribution < 1.29 is 17.5 Å². The fourth-order valence-corrected chi connectivity index (χ4v) is 2.52. The van der Waals surface area contributed by atoms with Crippen LogP contribution in [-0.2, 0) is 23.6 Å². The summed E-state index contributed by atoms with van der Waals surface area (Å²) in [5.74, 6) is -0.311. The Labute approximate surface area is 81.6 Å². The maximum Gasteiger partial charge on any atom is 0.224 e. The average molecular weight is 221 g/mol. The van der Waals surface area contributed by atoms with Crippen molar-refractivity contribution in [2.45, 2.75) is 13.3 Å². The van der Waals surface area contributed by atoms with Gasteiger partial charge in [-0.15, -0.1) is 0 Å². The zero-order valence-corrected chi connectivity index (χ0v) is 9.11. The molecule has 74 valence electrons. The van der Waals surface area contributed by atoms with Gasteiger partial charge in [0.2, 0.25) is 5.51 Å². The normalized spacial score (nSPS) is 11.9. The first-order chi connectivity index (χ1) is 5.90. The van der Waals surface area contributed by atoms with Gasteiger partial charge in [-0.1, -0.05) is 11.3 Å². The highest BCUT2D eigenvalue weighted by Crippen LogP contribution is 2.11. The molecule has 1 aromatic rings. The highest BCUT2D eigenvalue weighted by molar-refractivity contribution is 7.85. The minimum Gasteiger partial charge on any atom is -0.748 e. The van der Waals surface area contributed by atoms with E-state index >= 15 is 0 Å². The molecule has 0 aliphatic heterocycles. The lowest BCUT2D eigenvalue weighted by Gasteiger charge is -2.03. The molecular weight excluding hydrogens is 210 g/mol. The van der Waals surface area contributed by atoms with Crippen molar-refractivity contribution in [1.29, 1.82) is 0 Å². The van der Waals surface area contributed by atoms with Gasteiger partial charge in [0.05, 0.1) is 15.0 Å². The van der Waals surface area contributed by atoms with E-state index in [4.69, 9.17) is 0 Å². The summed E-state index contributed by atoms with van der Waals surface area (Å²) in [5, 5.41) is 0. The van der Waals surface area contributed by atoms with Gasteiger partial charge in [0.1, 0.15) is 7.05 Å². The molecule has 0 N–H and O–H groups in total. The molecule has 0 saturated heterocycles. The number of aromatic nitrogens is 1. The van der Waals surface area contributed by atoms with Gasteiger partial charge in [-0.05, 0) is 0 Å². The molecule has 0 unspecified atom stereocenters. The number of rotatable bonds is 3. The zero-order valence-electron chi connectivity index (χ0n) is 7.48. The molecule has 0 aromatic carbocycles. The lowest BCUT2D eigenvalue weighted by molar-refractivity contribution is -0.672. The van der Waals surface area contributed by atoms with Crippen LogP contribution in [0.3, 0.4) is 0 Å².